The second-order valence-corrected chi connectivity index (χ2v) is 7.61. The van der Waals surface area contributed by atoms with Crippen molar-refractivity contribution < 1.29 is 19.5 Å². The Morgan fingerprint density at radius 2 is 1.93 bits per heavy atom. The Balaban J connectivity index is 1.83. The van der Waals surface area contributed by atoms with Crippen LogP contribution in [0.1, 0.15) is 44.1 Å². The molecule has 0 unspecified atom stereocenters. The van der Waals surface area contributed by atoms with Crippen LogP contribution in [0.4, 0.5) is 0 Å². The highest BCUT2D eigenvalue weighted by molar-refractivity contribution is 5.99. The molecule has 152 valence electrons. The van der Waals surface area contributed by atoms with Crippen LogP contribution < -0.4 is 5.73 Å². The molecular formula is C21H29N3O4. The summed E-state index contributed by atoms with van der Waals surface area (Å²) in [5, 5.41) is 9.90. The summed E-state index contributed by atoms with van der Waals surface area (Å²) in [5.74, 6) is -1.37. The smallest absolute Gasteiger partial charge is 0.326 e. The maximum absolute atomic E-state index is 13.2. The van der Waals surface area contributed by atoms with Gasteiger partial charge in [0.05, 0.1) is 0 Å². The quantitative estimate of drug-likeness (QED) is 0.624. The average molecular weight is 387 g/mol. The molecule has 0 spiro atoms. The number of aliphatic carboxylic acids is 1. The van der Waals surface area contributed by atoms with Gasteiger partial charge >= 0.3 is 5.97 Å². The molecule has 2 heterocycles. The van der Waals surface area contributed by atoms with Crippen LogP contribution in [0.3, 0.4) is 0 Å². The molecule has 0 bridgehead atoms. The number of amides is 2. The number of unbranched alkanes of at least 4 members (excludes halogenated alkanes) is 1. The first-order valence-corrected chi connectivity index (χ1v) is 10.1. The predicted molar refractivity (Wildman–Crippen MR) is 104 cm³/mol. The summed E-state index contributed by atoms with van der Waals surface area (Å²) in [6.07, 6.45) is 4.13. The molecule has 28 heavy (non-hydrogen) atoms. The van der Waals surface area contributed by atoms with Gasteiger partial charge in [0.25, 0.3) is 0 Å². The minimum Gasteiger partial charge on any atom is -0.480 e. The van der Waals surface area contributed by atoms with E-state index in [-0.39, 0.29) is 11.8 Å². The molecule has 0 saturated carbocycles. The molecule has 1 aromatic rings. The van der Waals surface area contributed by atoms with E-state index in [1.165, 1.54) is 4.90 Å². The number of carbonyl (C=O) groups is 3. The lowest BCUT2D eigenvalue weighted by molar-refractivity contribution is -0.168. The number of carboxylic acids is 1. The molecular weight excluding hydrogens is 358 g/mol. The normalized spacial score (nSPS) is 23.0. The van der Waals surface area contributed by atoms with Crippen molar-refractivity contribution >= 4 is 17.8 Å². The van der Waals surface area contributed by atoms with E-state index >= 15 is 0 Å². The van der Waals surface area contributed by atoms with Crippen LogP contribution >= 0.6 is 0 Å². The number of benzene rings is 1. The summed E-state index contributed by atoms with van der Waals surface area (Å²) in [6.45, 7) is 1.09. The summed E-state index contributed by atoms with van der Waals surface area (Å²) < 4.78 is 0. The molecule has 1 aromatic carbocycles. The van der Waals surface area contributed by atoms with E-state index in [1.54, 1.807) is 4.90 Å². The SMILES string of the molecule is NCCCC[C@@H]1C(=O)N2CCC[C@H]2C(=O)N1[C@H](CCc1ccccc1)C(=O)O. The third-order valence-corrected chi connectivity index (χ3v) is 5.80. The van der Waals surface area contributed by atoms with Crippen molar-refractivity contribution in [3.05, 3.63) is 35.9 Å². The van der Waals surface area contributed by atoms with Crippen molar-refractivity contribution in [3.63, 3.8) is 0 Å². The van der Waals surface area contributed by atoms with Gasteiger partial charge in [0.2, 0.25) is 11.8 Å². The van der Waals surface area contributed by atoms with Gasteiger partial charge in [0.1, 0.15) is 18.1 Å². The highest BCUT2D eigenvalue weighted by Gasteiger charge is 2.50. The van der Waals surface area contributed by atoms with Crippen LogP contribution in [0.5, 0.6) is 0 Å². The fourth-order valence-electron chi connectivity index (χ4n) is 4.37. The lowest BCUT2D eigenvalue weighted by Crippen LogP contribution is -2.66. The summed E-state index contributed by atoms with van der Waals surface area (Å²) in [7, 11) is 0. The highest BCUT2D eigenvalue weighted by Crippen LogP contribution is 2.31. The van der Waals surface area contributed by atoms with Crippen molar-refractivity contribution in [2.75, 3.05) is 13.1 Å². The molecule has 2 aliphatic rings. The summed E-state index contributed by atoms with van der Waals surface area (Å²) in [5.41, 5.74) is 6.60. The topological polar surface area (TPSA) is 104 Å². The number of carbonyl (C=O) groups excluding carboxylic acids is 2. The van der Waals surface area contributed by atoms with Gasteiger partial charge in [-0.15, -0.1) is 0 Å². The van der Waals surface area contributed by atoms with Crippen LogP contribution in [0.2, 0.25) is 0 Å². The van der Waals surface area contributed by atoms with Crippen LogP contribution in [-0.4, -0.2) is 63.9 Å². The van der Waals surface area contributed by atoms with Crippen LogP contribution in [-0.2, 0) is 20.8 Å². The Labute approximate surface area is 165 Å². The van der Waals surface area contributed by atoms with Gasteiger partial charge in [-0.3, -0.25) is 9.59 Å². The first kappa shape index (κ1) is 20.3. The first-order valence-electron chi connectivity index (χ1n) is 10.1. The second kappa shape index (κ2) is 9.19. The number of hydrogen-bond acceptors (Lipinski definition) is 4. The lowest BCUT2D eigenvalue weighted by atomic mass is 9.95. The molecule has 3 rings (SSSR count). The maximum atomic E-state index is 13.2. The monoisotopic (exact) mass is 387 g/mol. The number of rotatable bonds is 9. The van der Waals surface area contributed by atoms with Crippen LogP contribution in [0.25, 0.3) is 0 Å². The molecule has 2 fully saturated rings. The predicted octanol–water partition coefficient (Wildman–Crippen LogP) is 1.40. The van der Waals surface area contributed by atoms with Gasteiger partial charge in [-0.25, -0.2) is 4.79 Å². The van der Waals surface area contributed by atoms with E-state index < -0.39 is 24.1 Å². The fourth-order valence-corrected chi connectivity index (χ4v) is 4.37. The number of nitrogens with zero attached hydrogens (tertiary/aromatic N) is 2. The summed E-state index contributed by atoms with van der Waals surface area (Å²) in [4.78, 5) is 41.4. The van der Waals surface area contributed by atoms with Gasteiger partial charge in [0.15, 0.2) is 0 Å². The minimum absolute atomic E-state index is 0.106. The van der Waals surface area contributed by atoms with Gasteiger partial charge < -0.3 is 20.6 Å². The third kappa shape index (κ3) is 4.19. The number of piperazine rings is 1. The van der Waals surface area contributed by atoms with Crippen LogP contribution in [0, 0.1) is 0 Å². The van der Waals surface area contributed by atoms with E-state index in [0.29, 0.717) is 45.2 Å². The lowest BCUT2D eigenvalue weighted by Gasteiger charge is -2.45. The summed E-state index contributed by atoms with van der Waals surface area (Å²) >= 11 is 0. The highest BCUT2D eigenvalue weighted by atomic mass is 16.4. The zero-order valence-electron chi connectivity index (χ0n) is 16.1. The van der Waals surface area contributed by atoms with E-state index in [2.05, 4.69) is 0 Å². The first-order chi connectivity index (χ1) is 13.5. The van der Waals surface area contributed by atoms with E-state index in [0.717, 1.165) is 18.4 Å². The number of carboxylic acid groups (broad SMARTS) is 1. The largest absolute Gasteiger partial charge is 0.480 e. The molecule has 0 aromatic heterocycles. The molecule has 2 amide bonds. The molecule has 0 aliphatic carbocycles. The zero-order valence-corrected chi connectivity index (χ0v) is 16.1. The molecule has 0 radical (unpaired) electrons. The van der Waals surface area contributed by atoms with Crippen molar-refractivity contribution in [1.82, 2.24) is 9.80 Å². The van der Waals surface area contributed by atoms with Gasteiger partial charge in [-0.1, -0.05) is 30.3 Å². The Kier molecular flexibility index (Phi) is 6.67. The molecule has 2 saturated heterocycles. The fraction of sp³-hybridized carbons (Fsp3) is 0.571. The number of fused-ring (bicyclic) bond motifs is 1. The molecule has 7 heteroatoms. The maximum Gasteiger partial charge on any atom is 0.326 e. The van der Waals surface area contributed by atoms with Crippen LogP contribution in [0.15, 0.2) is 30.3 Å². The Morgan fingerprint density at radius 3 is 2.61 bits per heavy atom. The molecule has 2 aliphatic heterocycles. The number of hydrogen-bond donors (Lipinski definition) is 2. The third-order valence-electron chi connectivity index (χ3n) is 5.80. The number of aryl methyl sites for hydroxylation is 1. The molecule has 3 atom stereocenters. The zero-order chi connectivity index (χ0) is 20.1. The van der Waals surface area contributed by atoms with E-state index in [4.69, 9.17) is 5.73 Å². The molecule has 7 nitrogen and oxygen atoms in total. The van der Waals surface area contributed by atoms with Crippen molar-refractivity contribution in [3.8, 4) is 0 Å². The van der Waals surface area contributed by atoms with Gasteiger partial charge in [0, 0.05) is 6.54 Å². The Bertz CT molecular complexity index is 709. The second-order valence-electron chi connectivity index (χ2n) is 7.61. The minimum atomic E-state index is -1.05. The van der Waals surface area contributed by atoms with Crippen molar-refractivity contribution in [1.29, 1.82) is 0 Å². The van der Waals surface area contributed by atoms with E-state index in [1.807, 2.05) is 30.3 Å². The molecule has 3 N–H and O–H groups in total. The van der Waals surface area contributed by atoms with Gasteiger partial charge in [-0.2, -0.15) is 0 Å². The van der Waals surface area contributed by atoms with Crippen molar-refractivity contribution in [2.45, 2.75) is 63.1 Å². The Morgan fingerprint density at radius 1 is 1.18 bits per heavy atom. The number of nitrogens with two attached hydrogens (primary N) is 1. The summed E-state index contributed by atoms with van der Waals surface area (Å²) in [6, 6.07) is 7.41. The standard InChI is InChI=1S/C21H29N3O4/c22-13-5-4-9-17-19(25)23-14-6-10-16(23)20(26)24(17)18(21(27)28)12-11-15-7-2-1-3-8-15/h1-3,7-8,16-18H,4-6,9-14,22H2,(H,27,28)/t16-,17+,18+/m0/s1. The Hall–Kier alpha value is -2.41. The van der Waals surface area contributed by atoms with Crippen molar-refractivity contribution in [2.24, 2.45) is 5.73 Å². The van der Waals surface area contributed by atoms with E-state index in [9.17, 15) is 19.5 Å². The van der Waals surface area contributed by atoms with Gasteiger partial charge in [-0.05, 0) is 57.1 Å². The average Bonchev–Trinajstić information content (AvgIpc) is 3.18.